The fourth-order valence-corrected chi connectivity index (χ4v) is 2.51. The van der Waals surface area contributed by atoms with E-state index in [1.807, 2.05) is 13.1 Å². The second-order valence-corrected chi connectivity index (χ2v) is 5.70. The molecule has 0 aliphatic rings. The first-order chi connectivity index (χ1) is 8.62. The highest BCUT2D eigenvalue weighted by molar-refractivity contribution is 7.10. The smallest absolute Gasteiger partial charge is 0.131 e. The minimum atomic E-state index is 0.0962. The predicted molar refractivity (Wildman–Crippen MR) is 77.4 cm³/mol. The molecule has 0 amide bonds. The van der Waals surface area contributed by atoms with Crippen LogP contribution in [0.2, 0.25) is 0 Å². The Balaban J connectivity index is 2.02. The van der Waals surface area contributed by atoms with Crippen molar-refractivity contribution >= 4 is 23.0 Å². The highest BCUT2D eigenvalue weighted by Crippen LogP contribution is 2.27. The molecule has 0 saturated carbocycles. The summed E-state index contributed by atoms with van der Waals surface area (Å²) in [6, 6.07) is 6.17. The number of thiophene rings is 1. The van der Waals surface area contributed by atoms with E-state index in [2.05, 4.69) is 52.0 Å². The lowest BCUT2D eigenvalue weighted by Gasteiger charge is -2.24. The maximum Gasteiger partial charge on any atom is 0.131 e. The van der Waals surface area contributed by atoms with E-state index >= 15 is 0 Å². The SMILES string of the molecule is CNc1cc(NCC(C)(C)c2cccs2)ncn1. The van der Waals surface area contributed by atoms with E-state index in [-0.39, 0.29) is 5.41 Å². The Bertz CT molecular complexity index is 493. The Morgan fingerprint density at radius 2 is 2.06 bits per heavy atom. The minimum Gasteiger partial charge on any atom is -0.373 e. The van der Waals surface area contributed by atoms with Crippen LogP contribution in [-0.2, 0) is 5.41 Å². The average molecular weight is 262 g/mol. The molecule has 0 aliphatic heterocycles. The Labute approximate surface area is 111 Å². The van der Waals surface area contributed by atoms with E-state index in [4.69, 9.17) is 0 Å². The highest BCUT2D eigenvalue weighted by Gasteiger charge is 2.21. The van der Waals surface area contributed by atoms with Gasteiger partial charge in [0.15, 0.2) is 0 Å². The van der Waals surface area contributed by atoms with Gasteiger partial charge < -0.3 is 10.6 Å². The number of nitrogens with one attached hydrogen (secondary N) is 2. The third-order valence-corrected chi connectivity index (χ3v) is 4.06. The number of nitrogens with zero attached hydrogens (tertiary/aromatic N) is 2. The van der Waals surface area contributed by atoms with Gasteiger partial charge in [-0.1, -0.05) is 19.9 Å². The van der Waals surface area contributed by atoms with Crippen molar-refractivity contribution in [2.45, 2.75) is 19.3 Å². The highest BCUT2D eigenvalue weighted by atomic mass is 32.1. The molecule has 0 aliphatic carbocycles. The van der Waals surface area contributed by atoms with Gasteiger partial charge in [-0.15, -0.1) is 11.3 Å². The summed E-state index contributed by atoms with van der Waals surface area (Å²) in [7, 11) is 1.85. The standard InChI is InChI=1S/C13H18N4S/c1-13(2,10-5-4-6-18-10)8-15-12-7-11(14-3)16-9-17-12/h4-7,9H,8H2,1-3H3,(H2,14,15,16,17). The van der Waals surface area contributed by atoms with Gasteiger partial charge >= 0.3 is 0 Å². The zero-order valence-electron chi connectivity index (χ0n) is 10.9. The predicted octanol–water partition coefficient (Wildman–Crippen LogP) is 2.97. The van der Waals surface area contributed by atoms with Crippen molar-refractivity contribution in [3.8, 4) is 0 Å². The largest absolute Gasteiger partial charge is 0.373 e. The van der Waals surface area contributed by atoms with Crippen molar-refractivity contribution in [1.29, 1.82) is 0 Å². The van der Waals surface area contributed by atoms with Gasteiger partial charge in [0, 0.05) is 30.0 Å². The molecule has 5 heteroatoms. The maximum absolute atomic E-state index is 4.21. The van der Waals surface area contributed by atoms with Crippen molar-refractivity contribution in [2.75, 3.05) is 24.2 Å². The number of hydrogen-bond donors (Lipinski definition) is 2. The summed E-state index contributed by atoms with van der Waals surface area (Å²) >= 11 is 1.79. The lowest BCUT2D eigenvalue weighted by molar-refractivity contribution is 0.568. The van der Waals surface area contributed by atoms with E-state index in [1.54, 1.807) is 17.7 Å². The lowest BCUT2D eigenvalue weighted by Crippen LogP contribution is -2.26. The van der Waals surface area contributed by atoms with Crippen LogP contribution in [0.25, 0.3) is 0 Å². The molecule has 2 aromatic heterocycles. The molecule has 2 aromatic rings. The van der Waals surface area contributed by atoms with Crippen LogP contribution in [-0.4, -0.2) is 23.6 Å². The maximum atomic E-state index is 4.21. The van der Waals surface area contributed by atoms with Gasteiger partial charge in [-0.2, -0.15) is 0 Å². The van der Waals surface area contributed by atoms with Crippen LogP contribution in [0.3, 0.4) is 0 Å². The molecule has 0 atom stereocenters. The lowest BCUT2D eigenvalue weighted by atomic mass is 9.91. The Morgan fingerprint density at radius 3 is 2.72 bits per heavy atom. The summed E-state index contributed by atoms with van der Waals surface area (Å²) in [4.78, 5) is 9.68. The van der Waals surface area contributed by atoms with Gasteiger partial charge in [0.1, 0.15) is 18.0 Å². The molecular weight excluding hydrogens is 244 g/mol. The molecule has 96 valence electrons. The average Bonchev–Trinajstić information content (AvgIpc) is 2.91. The van der Waals surface area contributed by atoms with Crippen molar-refractivity contribution in [1.82, 2.24) is 9.97 Å². The van der Waals surface area contributed by atoms with Crippen LogP contribution < -0.4 is 10.6 Å². The number of aromatic nitrogens is 2. The van der Waals surface area contributed by atoms with Gasteiger partial charge in [-0.25, -0.2) is 9.97 Å². The second kappa shape index (κ2) is 5.35. The zero-order valence-corrected chi connectivity index (χ0v) is 11.7. The minimum absolute atomic E-state index is 0.0962. The van der Waals surface area contributed by atoms with Crippen molar-refractivity contribution in [3.05, 3.63) is 34.8 Å². The summed E-state index contributed by atoms with van der Waals surface area (Å²) in [6.45, 7) is 5.30. The van der Waals surface area contributed by atoms with Crippen LogP contribution >= 0.6 is 11.3 Å². The van der Waals surface area contributed by atoms with E-state index in [1.165, 1.54) is 4.88 Å². The molecule has 0 unspecified atom stereocenters. The van der Waals surface area contributed by atoms with Crippen LogP contribution in [0.4, 0.5) is 11.6 Å². The van der Waals surface area contributed by atoms with Crippen molar-refractivity contribution < 1.29 is 0 Å². The second-order valence-electron chi connectivity index (χ2n) is 4.75. The topological polar surface area (TPSA) is 49.8 Å². The van der Waals surface area contributed by atoms with Gasteiger partial charge in [0.2, 0.25) is 0 Å². The fourth-order valence-electron chi connectivity index (χ4n) is 1.65. The molecule has 2 heterocycles. The summed E-state index contributed by atoms with van der Waals surface area (Å²) in [5.41, 5.74) is 0.0962. The molecule has 2 rings (SSSR count). The Morgan fingerprint density at radius 1 is 1.28 bits per heavy atom. The van der Waals surface area contributed by atoms with E-state index in [9.17, 15) is 0 Å². The first-order valence-corrected chi connectivity index (χ1v) is 6.77. The van der Waals surface area contributed by atoms with E-state index in [0.29, 0.717) is 0 Å². The molecule has 4 nitrogen and oxygen atoms in total. The molecular formula is C13H18N4S. The first-order valence-electron chi connectivity index (χ1n) is 5.89. The van der Waals surface area contributed by atoms with Crippen LogP contribution in [0.5, 0.6) is 0 Å². The number of hydrogen-bond acceptors (Lipinski definition) is 5. The summed E-state index contributed by atoms with van der Waals surface area (Å²) in [6.07, 6.45) is 1.56. The quantitative estimate of drug-likeness (QED) is 0.869. The van der Waals surface area contributed by atoms with Gasteiger partial charge in [-0.3, -0.25) is 0 Å². The third-order valence-electron chi connectivity index (χ3n) is 2.82. The van der Waals surface area contributed by atoms with E-state index in [0.717, 1.165) is 18.2 Å². The number of anilines is 2. The van der Waals surface area contributed by atoms with Gasteiger partial charge in [-0.05, 0) is 11.4 Å². The van der Waals surface area contributed by atoms with Crippen molar-refractivity contribution in [3.63, 3.8) is 0 Å². The van der Waals surface area contributed by atoms with Gasteiger partial charge in [0.05, 0.1) is 0 Å². The first kappa shape index (κ1) is 12.8. The third kappa shape index (κ3) is 2.98. The molecule has 0 bridgehead atoms. The molecule has 0 saturated heterocycles. The zero-order chi connectivity index (χ0) is 13.0. The molecule has 0 spiro atoms. The monoisotopic (exact) mass is 262 g/mol. The Kier molecular flexibility index (Phi) is 3.81. The fraction of sp³-hybridized carbons (Fsp3) is 0.385. The normalized spacial score (nSPS) is 11.3. The van der Waals surface area contributed by atoms with Crippen LogP contribution in [0.15, 0.2) is 29.9 Å². The molecule has 2 N–H and O–H groups in total. The molecule has 18 heavy (non-hydrogen) atoms. The number of rotatable bonds is 5. The van der Waals surface area contributed by atoms with Crippen LogP contribution in [0, 0.1) is 0 Å². The summed E-state index contributed by atoms with van der Waals surface area (Å²) < 4.78 is 0. The van der Waals surface area contributed by atoms with Crippen LogP contribution in [0.1, 0.15) is 18.7 Å². The van der Waals surface area contributed by atoms with E-state index < -0.39 is 0 Å². The molecule has 0 fully saturated rings. The van der Waals surface area contributed by atoms with Gasteiger partial charge in [0.25, 0.3) is 0 Å². The summed E-state index contributed by atoms with van der Waals surface area (Å²) in [5, 5.41) is 8.48. The van der Waals surface area contributed by atoms with Crippen molar-refractivity contribution in [2.24, 2.45) is 0 Å². The molecule has 0 aromatic carbocycles. The molecule has 0 radical (unpaired) electrons. The summed E-state index contributed by atoms with van der Waals surface area (Å²) in [5.74, 6) is 1.67. The Hall–Kier alpha value is -1.62.